The molecule has 0 radical (unpaired) electrons. The number of ether oxygens (including phenoxy) is 2. The quantitative estimate of drug-likeness (QED) is 0.213. The van der Waals surface area contributed by atoms with E-state index < -0.39 is 0 Å². The number of carbonyl (C=O) groups excluding carboxylic acids is 1. The van der Waals surface area contributed by atoms with Crippen LogP contribution in [0.2, 0.25) is 0 Å². The molecule has 2 aliphatic rings. The number of hydrogen-bond acceptors (Lipinski definition) is 3. The lowest BCUT2D eigenvalue weighted by molar-refractivity contribution is -0.883. The number of likely N-dealkylation sites (N-methyl/N-ethyl adjacent to an activating group) is 1. The molecular weight excluding hydrogens is 362 g/mol. The maximum atomic E-state index is 12.2. The molecule has 0 aromatic rings. The summed E-state index contributed by atoms with van der Waals surface area (Å²) in [5.74, 6) is 0.732. The van der Waals surface area contributed by atoms with Crippen LogP contribution < -0.4 is 0 Å². The van der Waals surface area contributed by atoms with E-state index in [4.69, 9.17) is 9.47 Å². The van der Waals surface area contributed by atoms with Gasteiger partial charge in [-0.15, -0.1) is 0 Å². The Morgan fingerprint density at radius 3 is 2.24 bits per heavy atom. The Kier molecular flexibility index (Phi) is 9.03. The van der Waals surface area contributed by atoms with E-state index in [2.05, 4.69) is 41.8 Å². The fourth-order valence-corrected chi connectivity index (χ4v) is 5.54. The summed E-state index contributed by atoms with van der Waals surface area (Å²) in [6.45, 7) is 12.1. The van der Waals surface area contributed by atoms with Gasteiger partial charge in [-0.1, -0.05) is 66.2 Å². The third-order valence-electron chi connectivity index (χ3n) is 8.30. The molecular formula is C25H48NO3+. The Morgan fingerprint density at radius 1 is 1.00 bits per heavy atom. The van der Waals surface area contributed by atoms with Gasteiger partial charge < -0.3 is 14.0 Å². The van der Waals surface area contributed by atoms with Crippen LogP contribution in [0.15, 0.2) is 0 Å². The normalized spacial score (nSPS) is 28.1. The van der Waals surface area contributed by atoms with Crippen molar-refractivity contribution in [1.82, 2.24) is 0 Å². The van der Waals surface area contributed by atoms with Crippen molar-refractivity contribution in [1.29, 1.82) is 0 Å². The van der Waals surface area contributed by atoms with Crippen LogP contribution in [0.5, 0.6) is 0 Å². The van der Waals surface area contributed by atoms with Gasteiger partial charge in [0, 0.05) is 0 Å². The fourth-order valence-electron chi connectivity index (χ4n) is 5.54. The molecule has 2 bridgehead atoms. The Balaban J connectivity index is 1.58. The van der Waals surface area contributed by atoms with Gasteiger partial charge in [-0.25, -0.2) is 4.79 Å². The molecule has 0 aromatic carbocycles. The summed E-state index contributed by atoms with van der Waals surface area (Å²) in [5.41, 5.74) is 0.701. The van der Waals surface area contributed by atoms with E-state index in [9.17, 15) is 4.79 Å². The van der Waals surface area contributed by atoms with Crippen molar-refractivity contribution in [2.75, 3.05) is 40.4 Å². The van der Waals surface area contributed by atoms with Crippen molar-refractivity contribution < 1.29 is 18.8 Å². The summed E-state index contributed by atoms with van der Waals surface area (Å²) in [7, 11) is 4.20. The zero-order chi connectivity index (χ0) is 21.5. The van der Waals surface area contributed by atoms with Gasteiger partial charge in [0.15, 0.2) is 6.54 Å². The lowest BCUT2D eigenvalue weighted by atomic mass is 9.70. The van der Waals surface area contributed by atoms with Crippen LogP contribution in [-0.2, 0) is 14.3 Å². The van der Waals surface area contributed by atoms with E-state index in [1.807, 2.05) is 0 Å². The second kappa shape index (κ2) is 10.6. The van der Waals surface area contributed by atoms with Gasteiger partial charge in [0.2, 0.25) is 0 Å². The molecule has 4 nitrogen and oxygen atoms in total. The standard InChI is InChI=1S/C25H48NO3/c1-7-8-9-10-11-12-13-17-29-23(27)20-26(5,6)16-18-28-22-19-21-14-15-25(22,4)24(21,2)3/h21-22H,7-20H2,1-6H3/q+1/t21-,22-,25-/m1/s1. The third-order valence-corrected chi connectivity index (χ3v) is 8.30. The van der Waals surface area contributed by atoms with Crippen LogP contribution >= 0.6 is 0 Å². The minimum absolute atomic E-state index is 0.0750. The van der Waals surface area contributed by atoms with Crippen LogP contribution in [0.3, 0.4) is 0 Å². The first-order valence-corrected chi connectivity index (χ1v) is 12.2. The molecule has 0 unspecified atom stereocenters. The van der Waals surface area contributed by atoms with Gasteiger partial charge in [0.25, 0.3) is 0 Å². The third kappa shape index (κ3) is 6.43. The maximum absolute atomic E-state index is 12.2. The molecule has 0 aliphatic heterocycles. The van der Waals surface area contributed by atoms with Gasteiger partial charge in [-0.3, -0.25) is 0 Å². The number of rotatable bonds is 14. The second-order valence-electron chi connectivity index (χ2n) is 11.1. The SMILES string of the molecule is CCCCCCCCCOC(=O)C[N+](C)(C)CCO[C@@H]1C[C@H]2CC[C@@]1(C)C2(C)C. The first kappa shape index (κ1) is 24.7. The highest BCUT2D eigenvalue weighted by molar-refractivity contribution is 5.70. The monoisotopic (exact) mass is 410 g/mol. The number of unbranched alkanes of at least 4 members (excludes halogenated alkanes) is 6. The van der Waals surface area contributed by atoms with Crippen molar-refractivity contribution >= 4 is 5.97 Å². The van der Waals surface area contributed by atoms with Gasteiger partial charge in [0.1, 0.15) is 6.54 Å². The molecule has 29 heavy (non-hydrogen) atoms. The summed E-state index contributed by atoms with van der Waals surface area (Å²) >= 11 is 0. The number of fused-ring (bicyclic) bond motifs is 2. The molecule has 4 heteroatoms. The Labute approximate surface area is 180 Å². The molecule has 0 spiro atoms. The van der Waals surface area contributed by atoms with Crippen LogP contribution in [0, 0.1) is 16.7 Å². The Bertz CT molecular complexity index is 516. The lowest BCUT2D eigenvalue weighted by Gasteiger charge is -2.39. The average Bonchev–Trinajstić information content (AvgIpc) is 2.97. The molecule has 2 fully saturated rings. The molecule has 0 amide bonds. The summed E-state index contributed by atoms with van der Waals surface area (Å²) in [5, 5.41) is 0. The van der Waals surface area contributed by atoms with E-state index >= 15 is 0 Å². The first-order chi connectivity index (χ1) is 13.6. The van der Waals surface area contributed by atoms with Gasteiger partial charge in [-0.2, -0.15) is 0 Å². The highest BCUT2D eigenvalue weighted by Crippen LogP contribution is 2.66. The number of esters is 1. The van der Waals surface area contributed by atoms with Crippen LogP contribution in [0.25, 0.3) is 0 Å². The molecule has 2 aliphatic carbocycles. The van der Waals surface area contributed by atoms with Gasteiger partial charge in [0.05, 0.1) is 33.4 Å². The fraction of sp³-hybridized carbons (Fsp3) is 0.960. The smallest absolute Gasteiger partial charge is 0.361 e. The zero-order valence-corrected chi connectivity index (χ0v) is 20.2. The van der Waals surface area contributed by atoms with Crippen LogP contribution in [0.4, 0.5) is 0 Å². The molecule has 170 valence electrons. The summed E-state index contributed by atoms with van der Waals surface area (Å²) in [6.07, 6.45) is 12.9. The molecule has 0 saturated heterocycles. The topological polar surface area (TPSA) is 35.5 Å². The molecule has 2 rings (SSSR count). The van der Waals surface area contributed by atoms with E-state index in [0.29, 0.717) is 34.6 Å². The molecule has 0 heterocycles. The Hall–Kier alpha value is -0.610. The van der Waals surface area contributed by atoms with Crippen LogP contribution in [-0.4, -0.2) is 57.0 Å². The van der Waals surface area contributed by atoms with Crippen molar-refractivity contribution in [3.63, 3.8) is 0 Å². The van der Waals surface area contributed by atoms with E-state index in [1.54, 1.807) is 0 Å². The summed E-state index contributed by atoms with van der Waals surface area (Å²) in [4.78, 5) is 12.2. The number of nitrogens with zero attached hydrogens (tertiary/aromatic N) is 1. The minimum Gasteiger partial charge on any atom is -0.462 e. The van der Waals surface area contributed by atoms with Crippen molar-refractivity contribution in [3.8, 4) is 0 Å². The number of hydrogen-bond donors (Lipinski definition) is 0. The molecule has 0 N–H and O–H groups in total. The first-order valence-electron chi connectivity index (χ1n) is 12.2. The highest BCUT2D eigenvalue weighted by Gasteiger charge is 2.61. The highest BCUT2D eigenvalue weighted by atomic mass is 16.5. The zero-order valence-electron chi connectivity index (χ0n) is 20.2. The van der Waals surface area contributed by atoms with E-state index in [-0.39, 0.29) is 5.97 Å². The number of quaternary nitrogens is 1. The van der Waals surface area contributed by atoms with Crippen molar-refractivity contribution in [3.05, 3.63) is 0 Å². The van der Waals surface area contributed by atoms with Crippen LogP contribution in [0.1, 0.15) is 91.9 Å². The van der Waals surface area contributed by atoms with Gasteiger partial charge in [-0.05, 0) is 42.4 Å². The predicted molar refractivity (Wildman–Crippen MR) is 120 cm³/mol. The maximum Gasteiger partial charge on any atom is 0.361 e. The molecule has 3 atom stereocenters. The largest absolute Gasteiger partial charge is 0.462 e. The second-order valence-corrected chi connectivity index (χ2v) is 11.1. The van der Waals surface area contributed by atoms with Crippen molar-refractivity contribution in [2.24, 2.45) is 16.7 Å². The van der Waals surface area contributed by atoms with Crippen molar-refractivity contribution in [2.45, 2.75) is 98.0 Å². The minimum atomic E-state index is -0.0750. The lowest BCUT2D eigenvalue weighted by Crippen LogP contribution is -2.47. The van der Waals surface area contributed by atoms with E-state index in [1.165, 1.54) is 57.8 Å². The molecule has 0 aromatic heterocycles. The predicted octanol–water partition coefficient (Wildman–Crippen LogP) is 5.59. The van der Waals surface area contributed by atoms with Gasteiger partial charge >= 0.3 is 5.97 Å². The summed E-state index contributed by atoms with van der Waals surface area (Å²) in [6, 6.07) is 0. The average molecular weight is 411 g/mol. The number of carbonyl (C=O) groups is 1. The molecule has 2 saturated carbocycles. The Morgan fingerprint density at radius 2 is 1.66 bits per heavy atom. The van der Waals surface area contributed by atoms with E-state index in [0.717, 1.165) is 25.5 Å². The summed E-state index contributed by atoms with van der Waals surface area (Å²) < 4.78 is 12.5.